The van der Waals surface area contributed by atoms with Crippen molar-refractivity contribution in [1.82, 2.24) is 15.1 Å². The minimum absolute atomic E-state index is 0.156. The second kappa shape index (κ2) is 4.84. The quantitative estimate of drug-likeness (QED) is 0.929. The van der Waals surface area contributed by atoms with E-state index in [1.807, 2.05) is 6.92 Å². The van der Waals surface area contributed by atoms with Crippen LogP contribution in [-0.2, 0) is 6.42 Å². The topological polar surface area (TPSA) is 71.8 Å². The molecule has 0 atom stereocenters. The van der Waals surface area contributed by atoms with Crippen LogP contribution in [0, 0.1) is 12.3 Å². The van der Waals surface area contributed by atoms with Crippen LogP contribution in [0.25, 0.3) is 11.4 Å². The first-order valence-corrected chi connectivity index (χ1v) is 7.49. The molecule has 1 fully saturated rings. The minimum Gasteiger partial charge on any atom is -0.339 e. The summed E-state index contributed by atoms with van der Waals surface area (Å²) in [6.07, 6.45) is 4.48. The van der Waals surface area contributed by atoms with Crippen LogP contribution in [0.15, 0.2) is 19.9 Å². The average Bonchev–Trinajstić information content (AvgIpc) is 2.96. The smallest absolute Gasteiger partial charge is 0.262 e. The number of halogens is 1. The number of H-pyrrole nitrogens is 1. The molecule has 5 nitrogen and oxygen atoms in total. The van der Waals surface area contributed by atoms with E-state index in [0.717, 1.165) is 24.1 Å². The fourth-order valence-electron chi connectivity index (χ4n) is 2.17. The molecule has 1 aliphatic carbocycles. The molecule has 0 radical (unpaired) electrons. The van der Waals surface area contributed by atoms with Crippen LogP contribution >= 0.6 is 15.9 Å². The molecule has 2 aromatic heterocycles. The van der Waals surface area contributed by atoms with Gasteiger partial charge in [-0.1, -0.05) is 12.1 Å². The molecule has 2 aromatic rings. The van der Waals surface area contributed by atoms with Gasteiger partial charge in [-0.2, -0.15) is 4.98 Å². The predicted octanol–water partition coefficient (Wildman–Crippen LogP) is 3.23. The lowest BCUT2D eigenvalue weighted by molar-refractivity contribution is 0.362. The zero-order chi connectivity index (χ0) is 14.3. The SMILES string of the molecule is Cc1[nH]c(=O)c(Br)cc1-c1noc(CCC2(C)CC2)n1. The van der Waals surface area contributed by atoms with E-state index in [1.165, 1.54) is 12.8 Å². The van der Waals surface area contributed by atoms with E-state index >= 15 is 0 Å². The van der Waals surface area contributed by atoms with Crippen LogP contribution in [0.3, 0.4) is 0 Å². The molecule has 0 saturated heterocycles. The fraction of sp³-hybridized carbons (Fsp3) is 0.500. The largest absolute Gasteiger partial charge is 0.339 e. The molecule has 0 spiro atoms. The number of hydrogen-bond donors (Lipinski definition) is 1. The molecule has 0 bridgehead atoms. The summed E-state index contributed by atoms with van der Waals surface area (Å²) >= 11 is 3.22. The summed E-state index contributed by atoms with van der Waals surface area (Å²) in [5, 5.41) is 4.01. The summed E-state index contributed by atoms with van der Waals surface area (Å²) in [5.41, 5.74) is 1.84. The van der Waals surface area contributed by atoms with Crippen LogP contribution in [0.5, 0.6) is 0 Å². The summed E-state index contributed by atoms with van der Waals surface area (Å²) in [4.78, 5) is 18.7. The minimum atomic E-state index is -0.156. The number of aromatic nitrogens is 3. The van der Waals surface area contributed by atoms with Crippen LogP contribution in [-0.4, -0.2) is 15.1 Å². The van der Waals surface area contributed by atoms with Gasteiger partial charge in [0, 0.05) is 17.7 Å². The molecule has 0 aromatic carbocycles. The van der Waals surface area contributed by atoms with Crippen molar-refractivity contribution in [1.29, 1.82) is 0 Å². The molecule has 0 amide bonds. The highest BCUT2D eigenvalue weighted by atomic mass is 79.9. The second-order valence-corrected chi connectivity index (χ2v) is 6.66. The summed E-state index contributed by atoms with van der Waals surface area (Å²) in [6.45, 7) is 4.11. The lowest BCUT2D eigenvalue weighted by Gasteiger charge is -2.03. The van der Waals surface area contributed by atoms with E-state index < -0.39 is 0 Å². The van der Waals surface area contributed by atoms with Crippen molar-refractivity contribution in [3.05, 3.63) is 32.5 Å². The number of pyridine rings is 1. The molecule has 1 aliphatic rings. The van der Waals surface area contributed by atoms with E-state index in [9.17, 15) is 4.79 Å². The Labute approximate surface area is 124 Å². The first-order valence-electron chi connectivity index (χ1n) is 6.69. The van der Waals surface area contributed by atoms with Crippen molar-refractivity contribution in [2.45, 2.75) is 39.5 Å². The zero-order valence-corrected chi connectivity index (χ0v) is 13.1. The maximum Gasteiger partial charge on any atom is 0.262 e. The normalized spacial score (nSPS) is 16.4. The maximum atomic E-state index is 11.5. The first-order chi connectivity index (χ1) is 9.47. The van der Waals surface area contributed by atoms with Gasteiger partial charge in [-0.25, -0.2) is 0 Å². The molecule has 6 heteroatoms. The van der Waals surface area contributed by atoms with Crippen molar-refractivity contribution in [2.24, 2.45) is 5.41 Å². The van der Waals surface area contributed by atoms with Crippen LogP contribution in [0.2, 0.25) is 0 Å². The van der Waals surface area contributed by atoms with Gasteiger partial charge in [0.15, 0.2) is 0 Å². The lowest BCUT2D eigenvalue weighted by Crippen LogP contribution is -2.09. The Kier molecular flexibility index (Phi) is 3.28. The third kappa shape index (κ3) is 2.70. The third-order valence-electron chi connectivity index (χ3n) is 3.95. The third-order valence-corrected chi connectivity index (χ3v) is 4.54. The van der Waals surface area contributed by atoms with Crippen LogP contribution < -0.4 is 5.56 Å². The molecule has 2 heterocycles. The molecular weight excluding hydrogens is 322 g/mol. The first kappa shape index (κ1) is 13.5. The van der Waals surface area contributed by atoms with Crippen molar-refractivity contribution < 1.29 is 4.52 Å². The average molecular weight is 338 g/mol. The number of aromatic amines is 1. The molecule has 1 saturated carbocycles. The van der Waals surface area contributed by atoms with Gasteiger partial charge >= 0.3 is 0 Å². The number of nitrogens with zero attached hydrogens (tertiary/aromatic N) is 2. The van der Waals surface area contributed by atoms with Gasteiger partial charge in [0.1, 0.15) is 0 Å². The Morgan fingerprint density at radius 2 is 2.25 bits per heavy atom. The van der Waals surface area contributed by atoms with Crippen molar-refractivity contribution in [3.63, 3.8) is 0 Å². The summed E-state index contributed by atoms with van der Waals surface area (Å²) in [6, 6.07) is 1.73. The monoisotopic (exact) mass is 337 g/mol. The molecule has 20 heavy (non-hydrogen) atoms. The number of rotatable bonds is 4. The number of hydrogen-bond acceptors (Lipinski definition) is 4. The highest BCUT2D eigenvalue weighted by Crippen LogP contribution is 2.48. The van der Waals surface area contributed by atoms with Crippen LogP contribution in [0.4, 0.5) is 0 Å². The Hall–Kier alpha value is -1.43. The van der Waals surface area contributed by atoms with Gasteiger partial charge in [-0.15, -0.1) is 0 Å². The fourth-order valence-corrected chi connectivity index (χ4v) is 2.50. The summed E-state index contributed by atoms with van der Waals surface area (Å²) < 4.78 is 5.77. The lowest BCUT2D eigenvalue weighted by atomic mass is 10.0. The highest BCUT2D eigenvalue weighted by molar-refractivity contribution is 9.10. The molecular formula is C14H16BrN3O2. The van der Waals surface area contributed by atoms with Crippen molar-refractivity contribution >= 4 is 15.9 Å². The molecule has 106 valence electrons. The molecule has 3 rings (SSSR count). The van der Waals surface area contributed by atoms with Crippen LogP contribution in [0.1, 0.15) is 37.8 Å². The predicted molar refractivity (Wildman–Crippen MR) is 78.5 cm³/mol. The van der Waals surface area contributed by atoms with E-state index in [2.05, 4.69) is 38.0 Å². The van der Waals surface area contributed by atoms with Gasteiger partial charge in [-0.3, -0.25) is 4.79 Å². The molecule has 1 N–H and O–H groups in total. The number of nitrogens with one attached hydrogen (secondary N) is 1. The number of aryl methyl sites for hydroxylation is 2. The van der Waals surface area contributed by atoms with Gasteiger partial charge < -0.3 is 9.51 Å². The Morgan fingerprint density at radius 1 is 1.50 bits per heavy atom. The molecule has 0 unspecified atom stereocenters. The van der Waals surface area contributed by atoms with E-state index in [-0.39, 0.29) is 5.56 Å². The van der Waals surface area contributed by atoms with Gasteiger partial charge in [0.25, 0.3) is 5.56 Å². The van der Waals surface area contributed by atoms with E-state index in [4.69, 9.17) is 4.52 Å². The zero-order valence-electron chi connectivity index (χ0n) is 11.5. The molecule has 0 aliphatic heterocycles. The summed E-state index contributed by atoms with van der Waals surface area (Å²) in [7, 11) is 0. The van der Waals surface area contributed by atoms with Crippen molar-refractivity contribution in [3.8, 4) is 11.4 Å². The Morgan fingerprint density at radius 3 is 2.95 bits per heavy atom. The Balaban J connectivity index is 1.82. The van der Waals surface area contributed by atoms with E-state index in [1.54, 1.807) is 6.07 Å². The standard InChI is InChI=1S/C14H16BrN3O2/c1-8-9(7-10(15)13(19)16-8)12-17-11(20-18-12)3-4-14(2)5-6-14/h7H,3-6H2,1-2H3,(H,16,19). The van der Waals surface area contributed by atoms with Gasteiger partial charge in [0.05, 0.1) is 4.47 Å². The van der Waals surface area contributed by atoms with E-state index in [0.29, 0.717) is 21.6 Å². The Bertz CT molecular complexity index is 701. The maximum absolute atomic E-state index is 11.5. The summed E-state index contributed by atoms with van der Waals surface area (Å²) in [5.74, 6) is 1.19. The van der Waals surface area contributed by atoms with Crippen molar-refractivity contribution in [2.75, 3.05) is 0 Å². The highest BCUT2D eigenvalue weighted by Gasteiger charge is 2.36. The van der Waals surface area contributed by atoms with Gasteiger partial charge in [-0.05, 0) is 53.6 Å². The second-order valence-electron chi connectivity index (χ2n) is 5.81. The van der Waals surface area contributed by atoms with Gasteiger partial charge in [0.2, 0.25) is 11.7 Å².